The van der Waals surface area contributed by atoms with Crippen LogP contribution in [0, 0.1) is 6.92 Å². The average molecular weight is 284 g/mol. The van der Waals surface area contributed by atoms with E-state index in [-0.39, 0.29) is 5.91 Å². The maximum absolute atomic E-state index is 12.0. The monoisotopic (exact) mass is 283 g/mol. The smallest absolute Gasteiger partial charge is 0.251 e. The SMILES string of the molecule is Cc1cc(C(=O)NCCN2CCOCC2)cc(Cl)n1. The number of carbonyl (C=O) groups is 1. The predicted octanol–water partition coefficient (Wildman–Crippen LogP) is 1.11. The van der Waals surface area contributed by atoms with Crippen molar-refractivity contribution in [1.82, 2.24) is 15.2 Å². The Bertz CT molecular complexity index is 427. The minimum absolute atomic E-state index is 0.111. The number of nitrogens with zero attached hydrogens (tertiary/aromatic N) is 2. The van der Waals surface area contributed by atoms with Gasteiger partial charge < -0.3 is 10.1 Å². The number of rotatable bonds is 4. The molecular formula is C13H18ClN3O2. The second-order valence-corrected chi connectivity index (χ2v) is 4.92. The largest absolute Gasteiger partial charge is 0.379 e. The summed E-state index contributed by atoms with van der Waals surface area (Å²) in [4.78, 5) is 18.3. The van der Waals surface area contributed by atoms with E-state index in [9.17, 15) is 4.79 Å². The highest BCUT2D eigenvalue weighted by atomic mass is 35.5. The van der Waals surface area contributed by atoms with Gasteiger partial charge in [0, 0.05) is 37.4 Å². The Labute approximate surface area is 117 Å². The van der Waals surface area contributed by atoms with Crippen molar-refractivity contribution in [3.05, 3.63) is 28.5 Å². The lowest BCUT2D eigenvalue weighted by molar-refractivity contribution is 0.0383. The topological polar surface area (TPSA) is 54.5 Å². The van der Waals surface area contributed by atoms with Gasteiger partial charge in [0.25, 0.3) is 5.91 Å². The summed E-state index contributed by atoms with van der Waals surface area (Å²) in [6.07, 6.45) is 0. The standard InChI is InChI=1S/C13H18ClN3O2/c1-10-8-11(9-12(14)16-10)13(18)15-2-3-17-4-6-19-7-5-17/h8-9H,2-7H2,1H3,(H,15,18). The molecule has 1 N–H and O–H groups in total. The maximum atomic E-state index is 12.0. The highest BCUT2D eigenvalue weighted by Crippen LogP contribution is 2.10. The first-order valence-electron chi connectivity index (χ1n) is 6.37. The lowest BCUT2D eigenvalue weighted by atomic mass is 10.2. The molecule has 0 saturated carbocycles. The molecule has 0 aliphatic carbocycles. The van der Waals surface area contributed by atoms with Crippen molar-refractivity contribution in [2.45, 2.75) is 6.92 Å². The Morgan fingerprint density at radius 1 is 1.47 bits per heavy atom. The number of morpholine rings is 1. The molecule has 0 unspecified atom stereocenters. The van der Waals surface area contributed by atoms with Crippen molar-refractivity contribution in [3.8, 4) is 0 Å². The Kier molecular flexibility index (Phi) is 5.13. The number of aryl methyl sites for hydroxylation is 1. The quantitative estimate of drug-likeness (QED) is 0.841. The Balaban J connectivity index is 1.80. The van der Waals surface area contributed by atoms with Gasteiger partial charge in [-0.25, -0.2) is 4.98 Å². The fraction of sp³-hybridized carbons (Fsp3) is 0.538. The van der Waals surface area contributed by atoms with Gasteiger partial charge in [-0.05, 0) is 19.1 Å². The number of pyridine rings is 1. The molecule has 0 radical (unpaired) electrons. The number of hydrogen-bond donors (Lipinski definition) is 1. The van der Waals surface area contributed by atoms with Crippen molar-refractivity contribution in [2.24, 2.45) is 0 Å². The zero-order valence-corrected chi connectivity index (χ0v) is 11.7. The van der Waals surface area contributed by atoms with Gasteiger partial charge in [-0.2, -0.15) is 0 Å². The molecule has 1 aromatic rings. The van der Waals surface area contributed by atoms with E-state index in [2.05, 4.69) is 15.2 Å². The molecule has 104 valence electrons. The summed E-state index contributed by atoms with van der Waals surface area (Å²) in [7, 11) is 0. The van der Waals surface area contributed by atoms with Crippen molar-refractivity contribution < 1.29 is 9.53 Å². The van der Waals surface area contributed by atoms with Gasteiger partial charge in [-0.3, -0.25) is 9.69 Å². The second-order valence-electron chi connectivity index (χ2n) is 4.53. The van der Waals surface area contributed by atoms with Gasteiger partial charge in [0.2, 0.25) is 0 Å². The van der Waals surface area contributed by atoms with Crippen LogP contribution in [0.3, 0.4) is 0 Å². The minimum Gasteiger partial charge on any atom is -0.379 e. The third kappa shape index (κ3) is 4.45. The zero-order chi connectivity index (χ0) is 13.7. The Morgan fingerprint density at radius 2 is 2.21 bits per heavy atom. The van der Waals surface area contributed by atoms with Crippen LogP contribution in [0.2, 0.25) is 5.15 Å². The number of halogens is 1. The molecule has 0 spiro atoms. The third-order valence-electron chi connectivity index (χ3n) is 3.00. The molecular weight excluding hydrogens is 266 g/mol. The normalized spacial score (nSPS) is 16.3. The summed E-state index contributed by atoms with van der Waals surface area (Å²) in [6.45, 7) is 6.67. The molecule has 1 amide bonds. The van der Waals surface area contributed by atoms with E-state index in [0.29, 0.717) is 17.3 Å². The Hall–Kier alpha value is -1.17. The first-order chi connectivity index (χ1) is 9.15. The summed E-state index contributed by atoms with van der Waals surface area (Å²) in [5, 5.41) is 3.24. The molecule has 1 saturated heterocycles. The zero-order valence-electron chi connectivity index (χ0n) is 11.0. The summed E-state index contributed by atoms with van der Waals surface area (Å²) in [5.41, 5.74) is 1.30. The number of carbonyl (C=O) groups excluding carboxylic acids is 1. The highest BCUT2D eigenvalue weighted by Gasteiger charge is 2.11. The average Bonchev–Trinajstić information content (AvgIpc) is 2.38. The minimum atomic E-state index is -0.111. The van der Waals surface area contributed by atoms with Crippen LogP contribution in [0.25, 0.3) is 0 Å². The van der Waals surface area contributed by atoms with Crippen LogP contribution in [-0.2, 0) is 4.74 Å². The molecule has 1 aromatic heterocycles. The van der Waals surface area contributed by atoms with Crippen LogP contribution >= 0.6 is 11.6 Å². The van der Waals surface area contributed by atoms with Gasteiger partial charge in [0.15, 0.2) is 0 Å². The molecule has 5 nitrogen and oxygen atoms in total. The molecule has 0 atom stereocenters. The molecule has 19 heavy (non-hydrogen) atoms. The molecule has 0 aromatic carbocycles. The Morgan fingerprint density at radius 3 is 2.89 bits per heavy atom. The van der Waals surface area contributed by atoms with Crippen molar-refractivity contribution in [2.75, 3.05) is 39.4 Å². The maximum Gasteiger partial charge on any atom is 0.251 e. The summed E-state index contributed by atoms with van der Waals surface area (Å²) in [6, 6.07) is 3.31. The van der Waals surface area contributed by atoms with E-state index in [1.54, 1.807) is 12.1 Å². The second kappa shape index (κ2) is 6.84. The van der Waals surface area contributed by atoms with E-state index in [1.807, 2.05) is 6.92 Å². The van der Waals surface area contributed by atoms with E-state index < -0.39 is 0 Å². The highest BCUT2D eigenvalue weighted by molar-refractivity contribution is 6.29. The van der Waals surface area contributed by atoms with Gasteiger partial charge in [0.05, 0.1) is 13.2 Å². The van der Waals surface area contributed by atoms with E-state index in [1.165, 1.54) is 0 Å². The fourth-order valence-corrected chi connectivity index (χ4v) is 2.26. The molecule has 1 aliphatic rings. The molecule has 2 rings (SSSR count). The van der Waals surface area contributed by atoms with Crippen LogP contribution in [0.5, 0.6) is 0 Å². The van der Waals surface area contributed by atoms with Crippen molar-refractivity contribution in [3.63, 3.8) is 0 Å². The van der Waals surface area contributed by atoms with Gasteiger partial charge in [-0.15, -0.1) is 0 Å². The first kappa shape index (κ1) is 14.2. The lowest BCUT2D eigenvalue weighted by Crippen LogP contribution is -2.41. The fourth-order valence-electron chi connectivity index (χ4n) is 2.01. The number of hydrogen-bond acceptors (Lipinski definition) is 4. The van der Waals surface area contributed by atoms with E-state index >= 15 is 0 Å². The first-order valence-corrected chi connectivity index (χ1v) is 6.75. The number of aromatic nitrogens is 1. The lowest BCUT2D eigenvalue weighted by Gasteiger charge is -2.26. The molecule has 2 heterocycles. The molecule has 0 bridgehead atoms. The molecule has 6 heteroatoms. The van der Waals surface area contributed by atoms with Gasteiger partial charge in [-0.1, -0.05) is 11.6 Å². The number of amides is 1. The summed E-state index contributed by atoms with van der Waals surface area (Å²) in [5.74, 6) is -0.111. The van der Waals surface area contributed by atoms with Crippen molar-refractivity contribution in [1.29, 1.82) is 0 Å². The van der Waals surface area contributed by atoms with E-state index in [0.717, 1.165) is 38.5 Å². The number of nitrogens with one attached hydrogen (secondary N) is 1. The molecule has 1 aliphatic heterocycles. The molecule has 1 fully saturated rings. The van der Waals surface area contributed by atoms with E-state index in [4.69, 9.17) is 16.3 Å². The van der Waals surface area contributed by atoms with Crippen LogP contribution < -0.4 is 5.32 Å². The summed E-state index contributed by atoms with van der Waals surface area (Å²) >= 11 is 5.84. The van der Waals surface area contributed by atoms with Crippen LogP contribution in [-0.4, -0.2) is 55.2 Å². The third-order valence-corrected chi connectivity index (χ3v) is 3.20. The van der Waals surface area contributed by atoms with Crippen LogP contribution in [0.1, 0.15) is 16.1 Å². The van der Waals surface area contributed by atoms with Crippen LogP contribution in [0.4, 0.5) is 0 Å². The van der Waals surface area contributed by atoms with Gasteiger partial charge in [0.1, 0.15) is 5.15 Å². The van der Waals surface area contributed by atoms with Gasteiger partial charge >= 0.3 is 0 Å². The number of ether oxygens (including phenoxy) is 1. The summed E-state index contributed by atoms with van der Waals surface area (Å²) < 4.78 is 5.27. The predicted molar refractivity (Wildman–Crippen MR) is 73.6 cm³/mol. The van der Waals surface area contributed by atoms with Crippen molar-refractivity contribution >= 4 is 17.5 Å². The van der Waals surface area contributed by atoms with Crippen LogP contribution in [0.15, 0.2) is 12.1 Å².